The lowest BCUT2D eigenvalue weighted by molar-refractivity contribution is -0.123. The van der Waals surface area contributed by atoms with Crippen LogP contribution in [0.4, 0.5) is 17.5 Å². The highest BCUT2D eigenvalue weighted by molar-refractivity contribution is 6.01. The molecule has 9 nitrogen and oxygen atoms in total. The second kappa shape index (κ2) is 8.32. The predicted octanol–water partition coefficient (Wildman–Crippen LogP) is 2.08. The second-order valence-corrected chi connectivity index (χ2v) is 7.89. The summed E-state index contributed by atoms with van der Waals surface area (Å²) >= 11 is 0. The summed E-state index contributed by atoms with van der Waals surface area (Å²) in [4.78, 5) is 37.1. The second-order valence-electron chi connectivity index (χ2n) is 7.89. The van der Waals surface area contributed by atoms with Crippen LogP contribution in [0.1, 0.15) is 36.5 Å². The van der Waals surface area contributed by atoms with E-state index in [4.69, 9.17) is 0 Å². The highest BCUT2D eigenvalue weighted by Crippen LogP contribution is 2.36. The Bertz CT molecular complexity index is 1030. The number of aliphatic hydroxyl groups is 1. The number of nitrogens with zero attached hydrogens (tertiary/aromatic N) is 5. The molecule has 0 saturated carbocycles. The number of likely N-dealkylation sites (tertiary alicyclic amines) is 1. The molecule has 0 aliphatic carbocycles. The van der Waals surface area contributed by atoms with Gasteiger partial charge in [-0.3, -0.25) is 14.5 Å². The number of anilines is 3. The molecule has 0 radical (unpaired) electrons. The lowest BCUT2D eigenvalue weighted by atomic mass is 9.85. The highest BCUT2D eigenvalue weighted by Gasteiger charge is 2.46. The van der Waals surface area contributed by atoms with E-state index < -0.39 is 11.5 Å². The van der Waals surface area contributed by atoms with Crippen LogP contribution in [-0.4, -0.2) is 57.5 Å². The molecule has 9 heteroatoms. The first kappa shape index (κ1) is 20.8. The SMILES string of the molecule is CC[C@]1(C#N)CCN(c2ccnc(Nc3ccc(C(=O)N4CC[C@H](O)C4)cc3)n2)C1=O. The minimum Gasteiger partial charge on any atom is -0.391 e. The van der Waals surface area contributed by atoms with Gasteiger partial charge >= 0.3 is 0 Å². The fourth-order valence-electron chi connectivity index (χ4n) is 3.99. The number of carbonyl (C=O) groups is 2. The minimum absolute atomic E-state index is 0.106. The van der Waals surface area contributed by atoms with Crippen LogP contribution >= 0.6 is 0 Å². The summed E-state index contributed by atoms with van der Waals surface area (Å²) in [7, 11) is 0. The minimum atomic E-state index is -0.980. The average molecular weight is 420 g/mol. The molecule has 2 fully saturated rings. The first-order chi connectivity index (χ1) is 15.0. The highest BCUT2D eigenvalue weighted by atomic mass is 16.3. The number of β-amino-alcohol motifs (C(OH)–C–C–N with tert-alkyl or cyclic N) is 1. The van der Waals surface area contributed by atoms with E-state index in [1.165, 1.54) is 4.90 Å². The van der Waals surface area contributed by atoms with E-state index in [0.29, 0.717) is 61.9 Å². The van der Waals surface area contributed by atoms with Gasteiger partial charge in [-0.05, 0) is 49.6 Å². The molecule has 0 spiro atoms. The molecule has 2 aromatic rings. The maximum Gasteiger partial charge on any atom is 0.253 e. The van der Waals surface area contributed by atoms with Crippen molar-refractivity contribution in [3.63, 3.8) is 0 Å². The molecule has 1 aromatic carbocycles. The van der Waals surface area contributed by atoms with E-state index in [9.17, 15) is 20.0 Å². The molecule has 31 heavy (non-hydrogen) atoms. The molecule has 2 atom stereocenters. The van der Waals surface area contributed by atoms with Gasteiger partial charge in [-0.25, -0.2) is 4.98 Å². The average Bonchev–Trinajstić information content (AvgIpc) is 3.37. The van der Waals surface area contributed by atoms with Crippen LogP contribution in [0.5, 0.6) is 0 Å². The van der Waals surface area contributed by atoms with Crippen molar-refractivity contribution in [1.82, 2.24) is 14.9 Å². The molecular formula is C22H24N6O3. The molecule has 1 aromatic heterocycles. The Morgan fingerprint density at radius 3 is 2.71 bits per heavy atom. The monoisotopic (exact) mass is 420 g/mol. The lowest BCUT2D eigenvalue weighted by Gasteiger charge is -2.19. The van der Waals surface area contributed by atoms with E-state index in [1.54, 1.807) is 41.4 Å². The summed E-state index contributed by atoms with van der Waals surface area (Å²) in [5.74, 6) is 0.438. The number of amides is 2. The summed E-state index contributed by atoms with van der Waals surface area (Å²) in [6.07, 6.45) is 2.66. The van der Waals surface area contributed by atoms with Gasteiger partial charge in [0, 0.05) is 37.1 Å². The first-order valence-electron chi connectivity index (χ1n) is 10.4. The summed E-state index contributed by atoms with van der Waals surface area (Å²) in [5.41, 5.74) is 0.263. The third-order valence-electron chi connectivity index (χ3n) is 5.99. The van der Waals surface area contributed by atoms with E-state index in [2.05, 4.69) is 21.4 Å². The smallest absolute Gasteiger partial charge is 0.253 e. The number of nitriles is 1. The van der Waals surface area contributed by atoms with Crippen LogP contribution in [0.25, 0.3) is 0 Å². The molecule has 2 saturated heterocycles. The van der Waals surface area contributed by atoms with Crippen LogP contribution in [0.15, 0.2) is 36.5 Å². The van der Waals surface area contributed by atoms with Crippen molar-refractivity contribution in [3.05, 3.63) is 42.1 Å². The molecule has 0 unspecified atom stereocenters. The molecule has 0 bridgehead atoms. The molecule has 2 N–H and O–H groups in total. The van der Waals surface area contributed by atoms with Gasteiger partial charge in [0.1, 0.15) is 11.2 Å². The van der Waals surface area contributed by atoms with Gasteiger partial charge in [0.25, 0.3) is 5.91 Å². The van der Waals surface area contributed by atoms with Crippen LogP contribution < -0.4 is 10.2 Å². The van der Waals surface area contributed by atoms with Gasteiger partial charge < -0.3 is 15.3 Å². The third-order valence-corrected chi connectivity index (χ3v) is 5.99. The number of carbonyl (C=O) groups excluding carboxylic acids is 2. The van der Waals surface area contributed by atoms with Crippen molar-refractivity contribution in [3.8, 4) is 6.07 Å². The van der Waals surface area contributed by atoms with E-state index in [0.717, 1.165) is 0 Å². The zero-order valence-electron chi connectivity index (χ0n) is 17.3. The topological polar surface area (TPSA) is 122 Å². The van der Waals surface area contributed by atoms with Crippen molar-refractivity contribution >= 4 is 29.3 Å². The Balaban J connectivity index is 1.45. The lowest BCUT2D eigenvalue weighted by Crippen LogP contribution is -2.33. The molecule has 3 heterocycles. The van der Waals surface area contributed by atoms with Crippen LogP contribution in [0.2, 0.25) is 0 Å². The predicted molar refractivity (Wildman–Crippen MR) is 114 cm³/mol. The van der Waals surface area contributed by atoms with Gasteiger partial charge in [0.15, 0.2) is 0 Å². The van der Waals surface area contributed by atoms with Crippen LogP contribution in [0, 0.1) is 16.7 Å². The van der Waals surface area contributed by atoms with Gasteiger partial charge in [0.05, 0.1) is 12.2 Å². The standard InChI is InChI=1S/C22H24N6O3/c1-2-22(14-23)9-12-28(20(22)31)18-7-10-24-21(26-18)25-16-5-3-15(4-6-16)19(30)27-11-8-17(29)13-27/h3-7,10,17,29H,2,8-9,11-13H2,1H3,(H,24,25,26)/t17-,22+/m0/s1. The normalized spacial score (nSPS) is 23.1. The maximum atomic E-state index is 12.8. The van der Waals surface area contributed by atoms with Crippen LogP contribution in [0.3, 0.4) is 0 Å². The Hall–Kier alpha value is -3.51. The van der Waals surface area contributed by atoms with Gasteiger partial charge in [-0.1, -0.05) is 6.92 Å². The summed E-state index contributed by atoms with van der Waals surface area (Å²) in [6, 6.07) is 10.8. The number of rotatable bonds is 5. The van der Waals surface area contributed by atoms with Crippen molar-refractivity contribution in [2.45, 2.75) is 32.3 Å². The van der Waals surface area contributed by atoms with E-state index >= 15 is 0 Å². The molecule has 2 aliphatic rings. The fourth-order valence-corrected chi connectivity index (χ4v) is 3.99. The first-order valence-corrected chi connectivity index (χ1v) is 10.4. The van der Waals surface area contributed by atoms with E-state index in [-0.39, 0.29) is 11.8 Å². The third kappa shape index (κ3) is 3.94. The Kier molecular flexibility index (Phi) is 5.57. The molecular weight excluding hydrogens is 396 g/mol. The molecule has 4 rings (SSSR count). The zero-order chi connectivity index (χ0) is 22.0. The number of nitrogens with one attached hydrogen (secondary N) is 1. The van der Waals surface area contributed by atoms with Crippen LogP contribution in [-0.2, 0) is 4.79 Å². The van der Waals surface area contributed by atoms with Gasteiger partial charge in [-0.15, -0.1) is 0 Å². The van der Waals surface area contributed by atoms with Crippen molar-refractivity contribution in [2.24, 2.45) is 5.41 Å². The molecule has 160 valence electrons. The number of hydrogen-bond donors (Lipinski definition) is 2. The number of aliphatic hydroxyl groups excluding tert-OH is 1. The van der Waals surface area contributed by atoms with Crippen molar-refractivity contribution in [1.29, 1.82) is 5.26 Å². The summed E-state index contributed by atoms with van der Waals surface area (Å²) in [6.45, 7) is 3.21. The Morgan fingerprint density at radius 1 is 1.32 bits per heavy atom. The Morgan fingerprint density at radius 2 is 2.10 bits per heavy atom. The quantitative estimate of drug-likeness (QED) is 0.759. The van der Waals surface area contributed by atoms with Crippen molar-refractivity contribution < 1.29 is 14.7 Å². The number of benzene rings is 1. The largest absolute Gasteiger partial charge is 0.391 e. The molecule has 2 amide bonds. The number of aromatic nitrogens is 2. The molecule has 2 aliphatic heterocycles. The Labute approximate surface area is 180 Å². The maximum absolute atomic E-state index is 12.8. The zero-order valence-corrected chi connectivity index (χ0v) is 17.3. The van der Waals surface area contributed by atoms with Gasteiger partial charge in [0.2, 0.25) is 11.9 Å². The number of hydrogen-bond acceptors (Lipinski definition) is 7. The summed E-state index contributed by atoms with van der Waals surface area (Å²) < 4.78 is 0. The van der Waals surface area contributed by atoms with Gasteiger partial charge in [-0.2, -0.15) is 10.2 Å². The van der Waals surface area contributed by atoms with E-state index in [1.807, 2.05) is 6.92 Å². The summed E-state index contributed by atoms with van der Waals surface area (Å²) in [5, 5.41) is 22.2. The fraction of sp³-hybridized carbons (Fsp3) is 0.409. The van der Waals surface area contributed by atoms with Crippen molar-refractivity contribution in [2.75, 3.05) is 29.9 Å².